The molecule has 2 heterocycles. The molecule has 0 saturated carbocycles. The third kappa shape index (κ3) is 5.62. The van der Waals surface area contributed by atoms with Crippen LogP contribution in [0.5, 0.6) is 0 Å². The van der Waals surface area contributed by atoms with Crippen molar-refractivity contribution in [3.05, 3.63) is 84.2 Å². The molecule has 0 spiro atoms. The summed E-state index contributed by atoms with van der Waals surface area (Å²) in [5.41, 5.74) is 10.3. The number of carbonyl (C=O) groups is 1. The standard InChI is InChI=1S/C26H31N5O2/c1-33-26(32)23-11-7-12-24(27)25(23)31(20-21-8-5-6-13-28-21)19-16-29-14-17-30(18-15-29)22-9-3-2-4-10-22/h2-13H,14-20,27H2,1H3. The van der Waals surface area contributed by atoms with Gasteiger partial charge in [0.1, 0.15) is 0 Å². The zero-order chi connectivity index (χ0) is 23.0. The van der Waals surface area contributed by atoms with E-state index in [0.717, 1.165) is 45.0 Å². The molecule has 1 aliphatic rings. The Bertz CT molecular complexity index is 1040. The van der Waals surface area contributed by atoms with Crippen LogP contribution in [0.25, 0.3) is 0 Å². The monoisotopic (exact) mass is 445 g/mol. The summed E-state index contributed by atoms with van der Waals surface area (Å²) in [5.74, 6) is -0.389. The number of piperazine rings is 1. The lowest BCUT2D eigenvalue weighted by molar-refractivity contribution is 0.0601. The molecule has 172 valence electrons. The van der Waals surface area contributed by atoms with Crippen molar-refractivity contribution in [1.29, 1.82) is 0 Å². The van der Waals surface area contributed by atoms with E-state index in [2.05, 4.69) is 43.9 Å². The molecular weight excluding hydrogens is 414 g/mol. The van der Waals surface area contributed by atoms with E-state index in [1.165, 1.54) is 12.8 Å². The van der Waals surface area contributed by atoms with Crippen molar-refractivity contribution < 1.29 is 9.53 Å². The van der Waals surface area contributed by atoms with Gasteiger partial charge in [0.05, 0.1) is 36.3 Å². The lowest BCUT2D eigenvalue weighted by Crippen LogP contribution is -2.48. The molecule has 3 aromatic rings. The predicted molar refractivity (Wildman–Crippen MR) is 133 cm³/mol. The van der Waals surface area contributed by atoms with Crippen LogP contribution in [0.1, 0.15) is 16.1 Å². The first-order valence-corrected chi connectivity index (χ1v) is 11.3. The molecule has 1 aliphatic heterocycles. The molecule has 1 saturated heterocycles. The van der Waals surface area contributed by atoms with Gasteiger partial charge in [0.25, 0.3) is 0 Å². The molecular formula is C26H31N5O2. The molecule has 0 bridgehead atoms. The molecule has 1 fully saturated rings. The average molecular weight is 446 g/mol. The van der Waals surface area contributed by atoms with Crippen LogP contribution >= 0.6 is 0 Å². The van der Waals surface area contributed by atoms with Crippen LogP contribution in [0.2, 0.25) is 0 Å². The molecule has 4 rings (SSSR count). The highest BCUT2D eigenvalue weighted by molar-refractivity contribution is 5.99. The Hall–Kier alpha value is -3.58. The summed E-state index contributed by atoms with van der Waals surface area (Å²) in [6.45, 7) is 6.10. The highest BCUT2D eigenvalue weighted by Gasteiger charge is 2.23. The fraction of sp³-hybridized carbons (Fsp3) is 0.308. The average Bonchev–Trinajstić information content (AvgIpc) is 2.87. The first-order valence-electron chi connectivity index (χ1n) is 11.3. The van der Waals surface area contributed by atoms with Crippen molar-refractivity contribution in [2.24, 2.45) is 0 Å². The van der Waals surface area contributed by atoms with Gasteiger partial charge in [-0.2, -0.15) is 0 Å². The Morgan fingerprint density at radius 3 is 2.45 bits per heavy atom. The van der Waals surface area contributed by atoms with E-state index in [4.69, 9.17) is 10.5 Å². The molecule has 33 heavy (non-hydrogen) atoms. The van der Waals surface area contributed by atoms with E-state index >= 15 is 0 Å². The van der Waals surface area contributed by atoms with Gasteiger partial charge in [-0.05, 0) is 36.4 Å². The fourth-order valence-corrected chi connectivity index (χ4v) is 4.28. The molecule has 0 aliphatic carbocycles. The number of rotatable bonds is 8. The van der Waals surface area contributed by atoms with Crippen LogP contribution < -0.4 is 15.5 Å². The van der Waals surface area contributed by atoms with Gasteiger partial charge in [-0.25, -0.2) is 4.79 Å². The number of aromatic nitrogens is 1. The summed E-state index contributed by atoms with van der Waals surface area (Å²) < 4.78 is 5.03. The van der Waals surface area contributed by atoms with Crippen LogP contribution in [0.4, 0.5) is 17.1 Å². The topological polar surface area (TPSA) is 74.9 Å². The number of methoxy groups -OCH3 is 1. The summed E-state index contributed by atoms with van der Waals surface area (Å²) >= 11 is 0. The van der Waals surface area contributed by atoms with Gasteiger partial charge in [0.2, 0.25) is 0 Å². The van der Waals surface area contributed by atoms with Crippen molar-refractivity contribution in [2.45, 2.75) is 6.54 Å². The third-order valence-corrected chi connectivity index (χ3v) is 6.05. The maximum absolute atomic E-state index is 12.5. The number of nitrogens with two attached hydrogens (primary N) is 1. The van der Waals surface area contributed by atoms with Crippen LogP contribution in [-0.4, -0.2) is 62.2 Å². The van der Waals surface area contributed by atoms with E-state index in [-0.39, 0.29) is 5.97 Å². The minimum atomic E-state index is -0.389. The van der Waals surface area contributed by atoms with E-state index in [1.807, 2.05) is 30.3 Å². The van der Waals surface area contributed by atoms with E-state index < -0.39 is 0 Å². The molecule has 7 nitrogen and oxygen atoms in total. The Morgan fingerprint density at radius 2 is 1.76 bits per heavy atom. The minimum Gasteiger partial charge on any atom is -0.465 e. The number of hydrogen-bond donors (Lipinski definition) is 1. The van der Waals surface area contributed by atoms with Crippen molar-refractivity contribution in [2.75, 3.05) is 61.9 Å². The van der Waals surface area contributed by atoms with Gasteiger partial charge in [-0.3, -0.25) is 9.88 Å². The molecule has 0 atom stereocenters. The number of pyridine rings is 1. The molecule has 1 aromatic heterocycles. The zero-order valence-corrected chi connectivity index (χ0v) is 19.1. The number of carbonyl (C=O) groups excluding carboxylic acids is 1. The van der Waals surface area contributed by atoms with Crippen LogP contribution in [0.15, 0.2) is 72.9 Å². The summed E-state index contributed by atoms with van der Waals surface area (Å²) in [5, 5.41) is 0. The Balaban J connectivity index is 1.48. The van der Waals surface area contributed by atoms with Gasteiger partial charge in [-0.15, -0.1) is 0 Å². The molecule has 2 aromatic carbocycles. The fourth-order valence-electron chi connectivity index (χ4n) is 4.28. The second-order valence-electron chi connectivity index (χ2n) is 8.14. The van der Waals surface area contributed by atoms with Crippen LogP contribution in [0.3, 0.4) is 0 Å². The third-order valence-electron chi connectivity index (χ3n) is 6.05. The lowest BCUT2D eigenvalue weighted by Gasteiger charge is -2.37. The van der Waals surface area contributed by atoms with Crippen LogP contribution in [0, 0.1) is 0 Å². The normalized spacial score (nSPS) is 14.2. The quantitative estimate of drug-likeness (QED) is 0.421. The molecule has 2 N–H and O–H groups in total. The number of hydrogen-bond acceptors (Lipinski definition) is 7. The van der Waals surface area contributed by atoms with Gasteiger partial charge < -0.3 is 20.3 Å². The second-order valence-corrected chi connectivity index (χ2v) is 8.14. The highest BCUT2D eigenvalue weighted by Crippen LogP contribution is 2.30. The first-order chi connectivity index (χ1) is 16.2. The second kappa shape index (κ2) is 10.8. The smallest absolute Gasteiger partial charge is 0.340 e. The van der Waals surface area contributed by atoms with Crippen molar-refractivity contribution in [1.82, 2.24) is 9.88 Å². The van der Waals surface area contributed by atoms with Gasteiger partial charge >= 0.3 is 5.97 Å². The Labute approximate surface area is 195 Å². The zero-order valence-electron chi connectivity index (χ0n) is 19.1. The Kier molecular flexibility index (Phi) is 7.42. The number of ether oxygens (including phenoxy) is 1. The first kappa shape index (κ1) is 22.6. The Morgan fingerprint density at radius 1 is 1.00 bits per heavy atom. The van der Waals surface area contributed by atoms with E-state index in [9.17, 15) is 4.79 Å². The molecule has 0 radical (unpaired) electrons. The van der Waals surface area contributed by atoms with Crippen molar-refractivity contribution in [3.8, 4) is 0 Å². The highest BCUT2D eigenvalue weighted by atomic mass is 16.5. The molecule has 0 unspecified atom stereocenters. The van der Waals surface area contributed by atoms with E-state index in [1.54, 1.807) is 18.3 Å². The summed E-state index contributed by atoms with van der Waals surface area (Å²) in [4.78, 5) is 24.0. The van der Waals surface area contributed by atoms with Gasteiger partial charge in [-0.1, -0.05) is 30.3 Å². The largest absolute Gasteiger partial charge is 0.465 e. The van der Waals surface area contributed by atoms with E-state index in [0.29, 0.717) is 23.5 Å². The lowest BCUT2D eigenvalue weighted by atomic mass is 10.1. The van der Waals surface area contributed by atoms with Crippen molar-refractivity contribution >= 4 is 23.0 Å². The van der Waals surface area contributed by atoms with Crippen LogP contribution in [-0.2, 0) is 11.3 Å². The predicted octanol–water partition coefficient (Wildman–Crippen LogP) is 3.28. The van der Waals surface area contributed by atoms with Crippen molar-refractivity contribution in [3.63, 3.8) is 0 Å². The number of anilines is 3. The molecule has 7 heteroatoms. The number of esters is 1. The minimum absolute atomic E-state index is 0.389. The number of benzene rings is 2. The number of nitrogens with zero attached hydrogens (tertiary/aromatic N) is 4. The SMILES string of the molecule is COC(=O)c1cccc(N)c1N(CCN1CCN(c2ccccc2)CC1)Cc1ccccn1. The molecule has 0 amide bonds. The number of nitrogen functional groups attached to an aromatic ring is 1. The number of para-hydroxylation sites is 2. The van der Waals surface area contributed by atoms with Gasteiger partial charge in [0, 0.05) is 51.2 Å². The summed E-state index contributed by atoms with van der Waals surface area (Å²) in [6, 6.07) is 21.8. The summed E-state index contributed by atoms with van der Waals surface area (Å²) in [6.07, 6.45) is 1.78. The maximum atomic E-state index is 12.5. The van der Waals surface area contributed by atoms with Gasteiger partial charge in [0.15, 0.2) is 0 Å². The summed E-state index contributed by atoms with van der Waals surface area (Å²) in [7, 11) is 1.39. The maximum Gasteiger partial charge on any atom is 0.340 e.